The van der Waals surface area contributed by atoms with E-state index in [1.54, 1.807) is 6.20 Å². The molecule has 0 saturated heterocycles. The van der Waals surface area contributed by atoms with Crippen molar-refractivity contribution in [2.75, 3.05) is 11.9 Å². The third-order valence-corrected chi connectivity index (χ3v) is 2.54. The van der Waals surface area contributed by atoms with Gasteiger partial charge in [0.2, 0.25) is 0 Å². The molecule has 0 aliphatic rings. The molecule has 0 saturated carbocycles. The summed E-state index contributed by atoms with van der Waals surface area (Å²) in [5.41, 5.74) is 0.258. The van der Waals surface area contributed by atoms with Crippen LogP contribution in [0.4, 0.5) is 5.69 Å². The number of rotatable bonds is 5. The first-order chi connectivity index (χ1) is 7.56. The third kappa shape index (κ3) is 3.35. The molecule has 0 aliphatic carbocycles. The van der Waals surface area contributed by atoms with Gasteiger partial charge in [-0.1, -0.05) is 41.0 Å². The summed E-state index contributed by atoms with van der Waals surface area (Å²) in [5.74, 6) is 0. The van der Waals surface area contributed by atoms with Gasteiger partial charge < -0.3 is 5.32 Å². The molecular weight excluding hydrogens is 293 g/mol. The largest absolute Gasteiger partial charge is 0.378 e. The lowest BCUT2D eigenvalue weighted by molar-refractivity contribution is 0.568. The SMILES string of the molecule is C=C(Br)CNc1cnn(CCC)c(=O)c1Cl. The van der Waals surface area contributed by atoms with E-state index in [1.807, 2.05) is 6.92 Å². The first kappa shape index (κ1) is 13.3. The molecule has 6 heteroatoms. The Morgan fingerprint density at radius 2 is 2.44 bits per heavy atom. The smallest absolute Gasteiger partial charge is 0.287 e. The molecule has 1 aromatic rings. The molecule has 1 N–H and O–H groups in total. The zero-order chi connectivity index (χ0) is 12.1. The van der Waals surface area contributed by atoms with Gasteiger partial charge in [-0.25, -0.2) is 4.68 Å². The summed E-state index contributed by atoms with van der Waals surface area (Å²) in [7, 11) is 0. The van der Waals surface area contributed by atoms with Crippen molar-refractivity contribution < 1.29 is 0 Å². The molecule has 1 rings (SSSR count). The van der Waals surface area contributed by atoms with E-state index >= 15 is 0 Å². The van der Waals surface area contributed by atoms with Crippen molar-refractivity contribution in [1.29, 1.82) is 0 Å². The Morgan fingerprint density at radius 3 is 3.00 bits per heavy atom. The second kappa shape index (κ2) is 6.06. The van der Waals surface area contributed by atoms with E-state index in [1.165, 1.54) is 4.68 Å². The minimum absolute atomic E-state index is 0.164. The van der Waals surface area contributed by atoms with Crippen LogP contribution in [0.5, 0.6) is 0 Å². The number of aromatic nitrogens is 2. The maximum atomic E-state index is 11.7. The van der Waals surface area contributed by atoms with E-state index in [-0.39, 0.29) is 10.6 Å². The third-order valence-electron chi connectivity index (χ3n) is 1.89. The van der Waals surface area contributed by atoms with E-state index in [0.717, 1.165) is 10.9 Å². The molecule has 0 radical (unpaired) electrons. The number of aryl methyl sites for hydroxylation is 1. The highest BCUT2D eigenvalue weighted by atomic mass is 79.9. The van der Waals surface area contributed by atoms with Crippen molar-refractivity contribution >= 4 is 33.2 Å². The second-order valence-corrected chi connectivity index (χ2v) is 4.77. The molecule has 0 aromatic carbocycles. The van der Waals surface area contributed by atoms with Crippen LogP contribution in [0, 0.1) is 0 Å². The summed E-state index contributed by atoms with van der Waals surface area (Å²) >= 11 is 9.15. The maximum Gasteiger partial charge on any atom is 0.287 e. The molecule has 0 aliphatic heterocycles. The van der Waals surface area contributed by atoms with Gasteiger partial charge in [0.25, 0.3) is 5.56 Å². The highest BCUT2D eigenvalue weighted by molar-refractivity contribution is 9.11. The van der Waals surface area contributed by atoms with Crippen molar-refractivity contribution in [1.82, 2.24) is 9.78 Å². The monoisotopic (exact) mass is 305 g/mol. The average Bonchev–Trinajstić information content (AvgIpc) is 2.24. The highest BCUT2D eigenvalue weighted by Crippen LogP contribution is 2.16. The normalized spacial score (nSPS) is 10.2. The van der Waals surface area contributed by atoms with Crippen LogP contribution in [-0.2, 0) is 6.54 Å². The topological polar surface area (TPSA) is 46.9 Å². The number of hydrogen-bond acceptors (Lipinski definition) is 3. The Balaban J connectivity index is 2.93. The number of halogens is 2. The van der Waals surface area contributed by atoms with Gasteiger partial charge in [0, 0.05) is 17.6 Å². The molecular formula is C10H13BrClN3O. The summed E-state index contributed by atoms with van der Waals surface area (Å²) < 4.78 is 2.14. The lowest BCUT2D eigenvalue weighted by Crippen LogP contribution is -2.24. The Hall–Kier alpha value is -0.810. The van der Waals surface area contributed by atoms with Crippen LogP contribution < -0.4 is 10.9 Å². The van der Waals surface area contributed by atoms with Crippen LogP contribution in [0.2, 0.25) is 5.02 Å². The summed E-state index contributed by atoms with van der Waals surface area (Å²) in [6.45, 7) is 6.72. The first-order valence-corrected chi connectivity index (χ1v) is 6.06. The van der Waals surface area contributed by atoms with Gasteiger partial charge in [-0.3, -0.25) is 4.79 Å². The van der Waals surface area contributed by atoms with Crippen LogP contribution >= 0.6 is 27.5 Å². The predicted octanol–water partition coefficient (Wildman–Crippen LogP) is 2.63. The minimum Gasteiger partial charge on any atom is -0.378 e. The molecule has 88 valence electrons. The van der Waals surface area contributed by atoms with Gasteiger partial charge in [-0.05, 0) is 6.42 Å². The van der Waals surface area contributed by atoms with Gasteiger partial charge in [-0.2, -0.15) is 5.10 Å². The minimum atomic E-state index is -0.270. The lowest BCUT2D eigenvalue weighted by atomic mass is 10.4. The summed E-state index contributed by atoms with van der Waals surface area (Å²) in [4.78, 5) is 11.7. The number of hydrogen-bond donors (Lipinski definition) is 1. The molecule has 1 aromatic heterocycles. The van der Waals surface area contributed by atoms with Gasteiger partial charge >= 0.3 is 0 Å². The highest BCUT2D eigenvalue weighted by Gasteiger charge is 2.08. The molecule has 0 bridgehead atoms. The Morgan fingerprint density at radius 1 is 1.75 bits per heavy atom. The standard InChI is InChI=1S/C10H13BrClN3O/c1-3-4-15-10(16)9(12)8(6-14-15)13-5-7(2)11/h6,13H,2-5H2,1H3. The fourth-order valence-corrected chi connectivity index (χ4v) is 1.50. The summed E-state index contributed by atoms with van der Waals surface area (Å²) in [6, 6.07) is 0. The molecule has 0 amide bonds. The van der Waals surface area contributed by atoms with E-state index in [0.29, 0.717) is 18.8 Å². The zero-order valence-corrected chi connectivity index (χ0v) is 11.3. The number of nitrogens with zero attached hydrogens (tertiary/aromatic N) is 2. The van der Waals surface area contributed by atoms with Crippen LogP contribution in [-0.4, -0.2) is 16.3 Å². The number of nitrogens with one attached hydrogen (secondary N) is 1. The van der Waals surface area contributed by atoms with E-state index in [2.05, 4.69) is 32.9 Å². The van der Waals surface area contributed by atoms with Crippen molar-refractivity contribution in [3.8, 4) is 0 Å². The molecule has 0 fully saturated rings. The molecule has 4 nitrogen and oxygen atoms in total. The Labute approximate surface area is 107 Å². The first-order valence-electron chi connectivity index (χ1n) is 4.89. The van der Waals surface area contributed by atoms with Crippen molar-refractivity contribution in [2.45, 2.75) is 19.9 Å². The molecule has 16 heavy (non-hydrogen) atoms. The van der Waals surface area contributed by atoms with Crippen LogP contribution in [0.3, 0.4) is 0 Å². The Kier molecular flexibility index (Phi) is 5.02. The van der Waals surface area contributed by atoms with E-state index < -0.39 is 0 Å². The predicted molar refractivity (Wildman–Crippen MR) is 70.4 cm³/mol. The molecule has 1 heterocycles. The van der Waals surface area contributed by atoms with E-state index in [4.69, 9.17) is 11.6 Å². The lowest BCUT2D eigenvalue weighted by Gasteiger charge is -2.08. The van der Waals surface area contributed by atoms with Crippen LogP contribution in [0.25, 0.3) is 0 Å². The van der Waals surface area contributed by atoms with Crippen molar-refractivity contribution in [2.24, 2.45) is 0 Å². The van der Waals surface area contributed by atoms with Crippen LogP contribution in [0.1, 0.15) is 13.3 Å². The van der Waals surface area contributed by atoms with E-state index in [9.17, 15) is 4.79 Å². The summed E-state index contributed by atoms with van der Waals surface area (Å²) in [6.07, 6.45) is 2.39. The molecule has 0 atom stereocenters. The Bertz CT molecular complexity index is 444. The fourth-order valence-electron chi connectivity index (χ4n) is 1.15. The van der Waals surface area contributed by atoms with Gasteiger partial charge in [0.15, 0.2) is 0 Å². The van der Waals surface area contributed by atoms with Crippen LogP contribution in [0.15, 0.2) is 22.1 Å². The van der Waals surface area contributed by atoms with Crippen molar-refractivity contribution in [3.05, 3.63) is 32.6 Å². The van der Waals surface area contributed by atoms with Crippen molar-refractivity contribution in [3.63, 3.8) is 0 Å². The quantitative estimate of drug-likeness (QED) is 0.909. The number of anilines is 1. The molecule has 0 unspecified atom stereocenters. The van der Waals surface area contributed by atoms with Gasteiger partial charge in [0.05, 0.1) is 11.9 Å². The summed E-state index contributed by atoms with van der Waals surface area (Å²) in [5, 5.41) is 7.15. The average molecular weight is 307 g/mol. The fraction of sp³-hybridized carbons (Fsp3) is 0.400. The van der Waals surface area contributed by atoms with Gasteiger partial charge in [-0.15, -0.1) is 0 Å². The maximum absolute atomic E-state index is 11.7. The molecule has 0 spiro atoms. The zero-order valence-electron chi connectivity index (χ0n) is 8.96. The second-order valence-electron chi connectivity index (χ2n) is 3.27. The van der Waals surface area contributed by atoms with Gasteiger partial charge in [0.1, 0.15) is 5.02 Å².